The van der Waals surface area contributed by atoms with Gasteiger partial charge in [0, 0.05) is 21.9 Å². The van der Waals surface area contributed by atoms with E-state index in [1.54, 1.807) is 18.2 Å². The smallest absolute Gasteiger partial charge is 0.168 e. The van der Waals surface area contributed by atoms with Crippen LogP contribution in [0.15, 0.2) is 52.3 Å². The van der Waals surface area contributed by atoms with Gasteiger partial charge < -0.3 is 0 Å². The van der Waals surface area contributed by atoms with Crippen LogP contribution in [0.5, 0.6) is 0 Å². The van der Waals surface area contributed by atoms with Crippen molar-refractivity contribution in [3.63, 3.8) is 0 Å². The van der Waals surface area contributed by atoms with E-state index in [2.05, 4.69) is 0 Å². The zero-order chi connectivity index (χ0) is 12.7. The topological polar surface area (TPSA) is 34.1 Å². The van der Waals surface area contributed by atoms with E-state index in [-0.39, 0.29) is 12.2 Å². The molecule has 90 valence electrons. The quantitative estimate of drug-likeness (QED) is 0.740. The van der Waals surface area contributed by atoms with E-state index in [0.29, 0.717) is 20.4 Å². The van der Waals surface area contributed by atoms with E-state index >= 15 is 0 Å². The third-order valence-corrected chi connectivity index (χ3v) is 4.75. The van der Waals surface area contributed by atoms with E-state index in [0.717, 1.165) is 5.56 Å². The van der Waals surface area contributed by atoms with Crippen molar-refractivity contribution >= 4 is 28.2 Å². The Labute approximate surface area is 112 Å². The highest BCUT2D eigenvalue weighted by Gasteiger charge is 2.24. The summed E-state index contributed by atoms with van der Waals surface area (Å²) in [4.78, 5) is 13.4. The van der Waals surface area contributed by atoms with Crippen LogP contribution in [0.3, 0.4) is 0 Å². The summed E-state index contributed by atoms with van der Waals surface area (Å²) in [6.45, 7) is 0. The molecule has 18 heavy (non-hydrogen) atoms. The molecule has 0 aliphatic carbocycles. The van der Waals surface area contributed by atoms with E-state index in [9.17, 15) is 9.00 Å². The van der Waals surface area contributed by atoms with Crippen LogP contribution in [0, 0.1) is 0 Å². The number of carbonyl (C=O) groups is 1. The third-order valence-electron chi connectivity index (χ3n) is 2.97. The number of halogens is 1. The highest BCUT2D eigenvalue weighted by atomic mass is 35.5. The molecular formula is C14H9ClO2S. The average Bonchev–Trinajstić information content (AvgIpc) is 2.47. The molecule has 0 N–H and O–H groups in total. The Bertz CT molecular complexity index is 679. The Balaban J connectivity index is 2.29. The number of Topliss-reactive ketones (excluding diaryl/α,β-unsaturated/α-hetero) is 1. The van der Waals surface area contributed by atoms with Crippen LogP contribution >= 0.6 is 11.6 Å². The summed E-state index contributed by atoms with van der Waals surface area (Å²) < 4.78 is 12.5. The van der Waals surface area contributed by atoms with Gasteiger partial charge in [0.1, 0.15) is 0 Å². The van der Waals surface area contributed by atoms with Gasteiger partial charge in [-0.1, -0.05) is 29.8 Å². The normalized spacial score (nSPS) is 17.8. The Hall–Kier alpha value is -1.45. The Kier molecular flexibility index (Phi) is 2.80. The summed E-state index contributed by atoms with van der Waals surface area (Å²) in [5.74, 6) is -0.0363. The fourth-order valence-corrected chi connectivity index (χ4v) is 3.65. The first-order valence-electron chi connectivity index (χ1n) is 5.49. The molecular weight excluding hydrogens is 268 g/mol. The summed E-state index contributed by atoms with van der Waals surface area (Å²) in [6, 6.07) is 12.3. The molecule has 1 atom stereocenters. The van der Waals surface area contributed by atoms with Crippen LogP contribution < -0.4 is 0 Å². The molecule has 3 rings (SSSR count). The van der Waals surface area contributed by atoms with Crippen LogP contribution in [0.25, 0.3) is 0 Å². The third kappa shape index (κ3) is 1.80. The minimum atomic E-state index is -1.32. The number of fused-ring (bicyclic) bond motifs is 2. The van der Waals surface area contributed by atoms with Gasteiger partial charge in [-0.15, -0.1) is 0 Å². The van der Waals surface area contributed by atoms with Crippen molar-refractivity contribution < 1.29 is 9.00 Å². The lowest BCUT2D eigenvalue weighted by Crippen LogP contribution is -2.03. The number of carbonyl (C=O) groups excluding carboxylic acids is 1. The molecule has 0 fully saturated rings. The van der Waals surface area contributed by atoms with Crippen molar-refractivity contribution in [3.05, 3.63) is 58.6 Å². The first kappa shape index (κ1) is 11.6. The van der Waals surface area contributed by atoms with Crippen molar-refractivity contribution in [2.45, 2.75) is 16.2 Å². The van der Waals surface area contributed by atoms with Crippen molar-refractivity contribution in [2.24, 2.45) is 0 Å². The number of hydrogen-bond acceptors (Lipinski definition) is 2. The molecule has 2 aromatic rings. The van der Waals surface area contributed by atoms with Gasteiger partial charge in [-0.2, -0.15) is 0 Å². The molecule has 0 saturated carbocycles. The van der Waals surface area contributed by atoms with Crippen LogP contribution in [0.2, 0.25) is 5.02 Å². The average molecular weight is 277 g/mol. The standard InChI is InChI=1S/C14H9ClO2S/c15-10-5-6-14-11(8-10)12(16)7-9-3-1-2-4-13(9)18(14)17/h1-6,8H,7H2. The van der Waals surface area contributed by atoms with Crippen molar-refractivity contribution in [1.29, 1.82) is 0 Å². The molecule has 1 unspecified atom stereocenters. The van der Waals surface area contributed by atoms with Crippen LogP contribution in [0.4, 0.5) is 0 Å². The lowest BCUT2D eigenvalue weighted by atomic mass is 10.0. The molecule has 0 saturated heterocycles. The molecule has 2 aromatic carbocycles. The van der Waals surface area contributed by atoms with Crippen LogP contribution in [-0.2, 0) is 17.2 Å². The van der Waals surface area contributed by atoms with Gasteiger partial charge in [-0.05, 0) is 29.8 Å². The summed E-state index contributed by atoms with van der Waals surface area (Å²) in [6.07, 6.45) is 0.273. The number of hydrogen-bond donors (Lipinski definition) is 0. The summed E-state index contributed by atoms with van der Waals surface area (Å²) >= 11 is 5.90. The number of ketones is 1. The molecule has 0 bridgehead atoms. The summed E-state index contributed by atoms with van der Waals surface area (Å²) in [5.41, 5.74) is 1.30. The van der Waals surface area contributed by atoms with E-state index in [1.807, 2.05) is 24.3 Å². The summed E-state index contributed by atoms with van der Waals surface area (Å²) in [5, 5.41) is 0.491. The molecule has 2 nitrogen and oxygen atoms in total. The molecule has 0 radical (unpaired) electrons. The van der Waals surface area contributed by atoms with Gasteiger partial charge in [0.2, 0.25) is 0 Å². The fourth-order valence-electron chi connectivity index (χ4n) is 2.10. The predicted molar refractivity (Wildman–Crippen MR) is 70.6 cm³/mol. The maximum Gasteiger partial charge on any atom is 0.168 e. The van der Waals surface area contributed by atoms with Gasteiger partial charge in [-0.3, -0.25) is 4.79 Å². The fraction of sp³-hybridized carbons (Fsp3) is 0.0714. The molecule has 1 aliphatic heterocycles. The summed E-state index contributed by atoms with van der Waals surface area (Å²) in [7, 11) is -1.32. The van der Waals surface area contributed by atoms with Gasteiger partial charge >= 0.3 is 0 Å². The molecule has 1 aliphatic rings. The minimum absolute atomic E-state index is 0.0363. The molecule has 0 amide bonds. The zero-order valence-corrected chi connectivity index (χ0v) is 10.9. The Morgan fingerprint density at radius 2 is 1.83 bits per heavy atom. The van der Waals surface area contributed by atoms with Crippen molar-refractivity contribution in [1.82, 2.24) is 0 Å². The Morgan fingerprint density at radius 3 is 2.67 bits per heavy atom. The zero-order valence-electron chi connectivity index (χ0n) is 9.35. The predicted octanol–water partition coefficient (Wildman–Crippen LogP) is 3.25. The second-order valence-corrected chi connectivity index (χ2v) is 5.97. The molecule has 4 heteroatoms. The van der Waals surface area contributed by atoms with Gasteiger partial charge in [0.15, 0.2) is 5.78 Å². The van der Waals surface area contributed by atoms with E-state index in [1.165, 1.54) is 0 Å². The highest BCUT2D eigenvalue weighted by Crippen LogP contribution is 2.30. The molecule has 1 heterocycles. The Morgan fingerprint density at radius 1 is 1.06 bits per heavy atom. The monoisotopic (exact) mass is 276 g/mol. The molecule has 0 spiro atoms. The van der Waals surface area contributed by atoms with E-state index < -0.39 is 10.8 Å². The van der Waals surface area contributed by atoms with Gasteiger partial charge in [-0.25, -0.2) is 4.21 Å². The second kappa shape index (κ2) is 4.34. The first-order valence-corrected chi connectivity index (χ1v) is 7.02. The number of benzene rings is 2. The van der Waals surface area contributed by atoms with Crippen LogP contribution in [0.1, 0.15) is 15.9 Å². The lowest BCUT2D eigenvalue weighted by Gasteiger charge is -2.05. The van der Waals surface area contributed by atoms with Crippen molar-refractivity contribution in [3.8, 4) is 0 Å². The van der Waals surface area contributed by atoms with E-state index in [4.69, 9.17) is 11.6 Å². The SMILES string of the molecule is O=C1Cc2ccccc2S(=O)c2ccc(Cl)cc21. The van der Waals surface area contributed by atoms with Gasteiger partial charge in [0.25, 0.3) is 0 Å². The highest BCUT2D eigenvalue weighted by molar-refractivity contribution is 7.85. The van der Waals surface area contributed by atoms with Crippen LogP contribution in [-0.4, -0.2) is 9.99 Å². The maximum atomic E-state index is 12.5. The largest absolute Gasteiger partial charge is 0.294 e. The van der Waals surface area contributed by atoms with Gasteiger partial charge in [0.05, 0.1) is 15.7 Å². The first-order chi connectivity index (χ1) is 8.66. The maximum absolute atomic E-state index is 12.5. The number of rotatable bonds is 0. The minimum Gasteiger partial charge on any atom is -0.294 e. The second-order valence-electron chi connectivity index (χ2n) is 4.12. The van der Waals surface area contributed by atoms with Crippen molar-refractivity contribution in [2.75, 3.05) is 0 Å². The molecule has 0 aromatic heterocycles. The lowest BCUT2D eigenvalue weighted by molar-refractivity contribution is 0.0990.